The van der Waals surface area contributed by atoms with Crippen molar-refractivity contribution in [2.75, 3.05) is 16.8 Å². The average Bonchev–Trinajstić information content (AvgIpc) is 2.26. The summed E-state index contributed by atoms with van der Waals surface area (Å²) in [5.74, 6) is -0.614. The van der Waals surface area contributed by atoms with E-state index >= 15 is 0 Å². The molecule has 5 heteroatoms. The average molecular weight is 297 g/mol. The highest BCUT2D eigenvalue weighted by molar-refractivity contribution is 7.92. The summed E-state index contributed by atoms with van der Waals surface area (Å²) in [4.78, 5) is 11.9. The number of nitrogens with one attached hydrogen (secondary N) is 1. The van der Waals surface area contributed by atoms with Gasteiger partial charge < -0.3 is 5.32 Å². The predicted molar refractivity (Wildman–Crippen MR) is 82.7 cm³/mol. The molecule has 1 aromatic carbocycles. The van der Waals surface area contributed by atoms with Crippen LogP contribution in [0.2, 0.25) is 0 Å². The molecule has 0 aromatic heterocycles. The summed E-state index contributed by atoms with van der Waals surface area (Å²) >= 11 is 0. The minimum absolute atomic E-state index is 0.0238. The standard InChI is InChI=1S/C15H23NO3S/c1-11(2)9-20(18,19)10-15(17)16-14-8-6-5-7-13(14)12(3)4/h5-8,11-12H,9-10H2,1-4H3,(H,16,17). The highest BCUT2D eigenvalue weighted by atomic mass is 32.2. The zero-order valence-corrected chi connectivity index (χ0v) is 13.3. The second-order valence-electron chi connectivity index (χ2n) is 5.74. The van der Waals surface area contributed by atoms with Crippen LogP contribution in [0.3, 0.4) is 0 Å². The van der Waals surface area contributed by atoms with E-state index in [4.69, 9.17) is 0 Å². The zero-order chi connectivity index (χ0) is 15.3. The van der Waals surface area contributed by atoms with Crippen LogP contribution in [0.5, 0.6) is 0 Å². The fraction of sp³-hybridized carbons (Fsp3) is 0.533. The van der Waals surface area contributed by atoms with Gasteiger partial charge in [0.25, 0.3) is 0 Å². The number of hydrogen-bond acceptors (Lipinski definition) is 3. The van der Waals surface area contributed by atoms with Crippen molar-refractivity contribution < 1.29 is 13.2 Å². The van der Waals surface area contributed by atoms with E-state index in [0.29, 0.717) is 5.69 Å². The van der Waals surface area contributed by atoms with Gasteiger partial charge in [0, 0.05) is 5.69 Å². The lowest BCUT2D eigenvalue weighted by Crippen LogP contribution is -2.26. The molecule has 0 radical (unpaired) electrons. The van der Waals surface area contributed by atoms with Crippen LogP contribution in [0.4, 0.5) is 5.69 Å². The van der Waals surface area contributed by atoms with Gasteiger partial charge in [-0.05, 0) is 23.5 Å². The molecule has 0 atom stereocenters. The Morgan fingerprint density at radius 2 is 1.75 bits per heavy atom. The van der Waals surface area contributed by atoms with Crippen molar-refractivity contribution in [3.8, 4) is 0 Å². The summed E-state index contributed by atoms with van der Waals surface area (Å²) in [6.07, 6.45) is 0. The monoisotopic (exact) mass is 297 g/mol. The number of hydrogen-bond donors (Lipinski definition) is 1. The number of carbonyl (C=O) groups excluding carboxylic acids is 1. The van der Waals surface area contributed by atoms with E-state index in [1.54, 1.807) is 6.07 Å². The van der Waals surface area contributed by atoms with Gasteiger partial charge in [-0.15, -0.1) is 0 Å². The molecule has 1 N–H and O–H groups in total. The van der Waals surface area contributed by atoms with Crippen LogP contribution in [0.25, 0.3) is 0 Å². The van der Waals surface area contributed by atoms with Crippen molar-refractivity contribution in [1.82, 2.24) is 0 Å². The molecule has 0 heterocycles. The van der Waals surface area contributed by atoms with Crippen LogP contribution in [0.15, 0.2) is 24.3 Å². The van der Waals surface area contributed by atoms with Gasteiger partial charge in [0.2, 0.25) is 5.91 Å². The summed E-state index contributed by atoms with van der Waals surface area (Å²) in [5.41, 5.74) is 1.69. The number of carbonyl (C=O) groups is 1. The summed E-state index contributed by atoms with van der Waals surface area (Å²) in [5, 5.41) is 2.70. The van der Waals surface area contributed by atoms with Crippen molar-refractivity contribution in [3.63, 3.8) is 0 Å². The third kappa shape index (κ3) is 5.33. The Hall–Kier alpha value is -1.36. The van der Waals surface area contributed by atoms with Crippen LogP contribution in [-0.4, -0.2) is 25.8 Å². The van der Waals surface area contributed by atoms with Crippen molar-refractivity contribution in [1.29, 1.82) is 0 Å². The van der Waals surface area contributed by atoms with Gasteiger partial charge >= 0.3 is 0 Å². The molecule has 1 rings (SSSR count). The Morgan fingerprint density at radius 3 is 2.30 bits per heavy atom. The number of anilines is 1. The molecule has 0 bridgehead atoms. The molecular weight excluding hydrogens is 274 g/mol. The van der Waals surface area contributed by atoms with Crippen molar-refractivity contribution in [3.05, 3.63) is 29.8 Å². The Morgan fingerprint density at radius 1 is 1.15 bits per heavy atom. The van der Waals surface area contributed by atoms with Crippen LogP contribution in [-0.2, 0) is 14.6 Å². The summed E-state index contributed by atoms with van der Waals surface area (Å²) in [7, 11) is -3.35. The lowest BCUT2D eigenvalue weighted by molar-refractivity contribution is -0.113. The van der Waals surface area contributed by atoms with Gasteiger partial charge in [0.1, 0.15) is 5.75 Å². The second-order valence-corrected chi connectivity index (χ2v) is 7.85. The predicted octanol–water partition coefficient (Wildman–Crippen LogP) is 2.82. The molecule has 0 aliphatic heterocycles. The summed E-state index contributed by atoms with van der Waals surface area (Å²) in [6.45, 7) is 7.70. The Bertz CT molecular complexity index is 562. The molecule has 0 aliphatic rings. The number of para-hydroxylation sites is 1. The van der Waals surface area contributed by atoms with E-state index in [9.17, 15) is 13.2 Å². The SMILES string of the molecule is CC(C)CS(=O)(=O)CC(=O)Nc1ccccc1C(C)C. The molecule has 0 saturated carbocycles. The van der Waals surface area contributed by atoms with E-state index in [0.717, 1.165) is 5.56 Å². The van der Waals surface area contributed by atoms with Gasteiger partial charge in [-0.2, -0.15) is 0 Å². The first-order chi connectivity index (χ1) is 9.21. The number of benzene rings is 1. The maximum Gasteiger partial charge on any atom is 0.239 e. The first-order valence-electron chi connectivity index (χ1n) is 6.80. The smallest absolute Gasteiger partial charge is 0.239 e. The Balaban J connectivity index is 2.77. The topological polar surface area (TPSA) is 63.2 Å². The summed E-state index contributed by atoms with van der Waals surface area (Å²) < 4.78 is 23.6. The molecular formula is C15H23NO3S. The Kier molecular flexibility index (Phi) is 5.74. The van der Waals surface area contributed by atoms with E-state index < -0.39 is 21.5 Å². The molecule has 4 nitrogen and oxygen atoms in total. The van der Waals surface area contributed by atoms with Crippen LogP contribution < -0.4 is 5.32 Å². The third-order valence-corrected chi connectivity index (χ3v) is 4.67. The van der Waals surface area contributed by atoms with E-state index in [-0.39, 0.29) is 17.6 Å². The molecule has 0 aliphatic carbocycles. The maximum atomic E-state index is 11.9. The first kappa shape index (κ1) is 16.7. The fourth-order valence-electron chi connectivity index (χ4n) is 2.07. The van der Waals surface area contributed by atoms with E-state index in [1.165, 1.54) is 0 Å². The van der Waals surface area contributed by atoms with Crippen LogP contribution in [0.1, 0.15) is 39.2 Å². The summed E-state index contributed by atoms with van der Waals surface area (Å²) in [6, 6.07) is 7.45. The molecule has 20 heavy (non-hydrogen) atoms. The van der Waals surface area contributed by atoms with Crippen molar-refractivity contribution in [2.45, 2.75) is 33.6 Å². The lowest BCUT2D eigenvalue weighted by Gasteiger charge is -2.14. The number of amides is 1. The fourth-order valence-corrected chi connectivity index (χ4v) is 3.67. The molecule has 112 valence electrons. The quantitative estimate of drug-likeness (QED) is 0.878. The third-order valence-electron chi connectivity index (χ3n) is 2.80. The molecule has 0 spiro atoms. The van der Waals surface area contributed by atoms with Gasteiger partial charge in [0.05, 0.1) is 5.75 Å². The minimum atomic E-state index is -3.35. The molecule has 0 saturated heterocycles. The lowest BCUT2D eigenvalue weighted by atomic mass is 10.0. The maximum absolute atomic E-state index is 11.9. The Labute approximate surface area is 121 Å². The van der Waals surface area contributed by atoms with Crippen molar-refractivity contribution in [2.24, 2.45) is 5.92 Å². The molecule has 0 unspecified atom stereocenters. The second kappa shape index (κ2) is 6.88. The minimum Gasteiger partial charge on any atom is -0.325 e. The van der Waals surface area contributed by atoms with Gasteiger partial charge in [-0.3, -0.25) is 4.79 Å². The molecule has 0 fully saturated rings. The number of sulfone groups is 1. The molecule has 1 amide bonds. The first-order valence-corrected chi connectivity index (χ1v) is 8.62. The van der Waals surface area contributed by atoms with Gasteiger partial charge in [0.15, 0.2) is 9.84 Å². The van der Waals surface area contributed by atoms with E-state index in [1.807, 2.05) is 45.9 Å². The zero-order valence-electron chi connectivity index (χ0n) is 12.5. The highest BCUT2D eigenvalue weighted by Gasteiger charge is 2.19. The van der Waals surface area contributed by atoms with E-state index in [2.05, 4.69) is 5.32 Å². The molecule has 1 aromatic rings. The largest absolute Gasteiger partial charge is 0.325 e. The van der Waals surface area contributed by atoms with Crippen molar-refractivity contribution >= 4 is 21.4 Å². The highest BCUT2D eigenvalue weighted by Crippen LogP contribution is 2.23. The van der Waals surface area contributed by atoms with Crippen LogP contribution in [0, 0.1) is 5.92 Å². The van der Waals surface area contributed by atoms with Gasteiger partial charge in [-0.1, -0.05) is 45.9 Å². The normalized spacial score (nSPS) is 11.9. The van der Waals surface area contributed by atoms with Crippen LogP contribution >= 0.6 is 0 Å². The van der Waals surface area contributed by atoms with Gasteiger partial charge in [-0.25, -0.2) is 8.42 Å². The number of rotatable bonds is 6.